The first-order valence-electron chi connectivity index (χ1n) is 7.82. The molecule has 0 unspecified atom stereocenters. The third-order valence-corrected chi connectivity index (χ3v) is 4.23. The Morgan fingerprint density at radius 1 is 1.17 bits per heavy atom. The highest BCUT2D eigenvalue weighted by molar-refractivity contribution is 7.09. The molecular formula is C18H24FNO2S. The molecule has 0 spiro atoms. The van der Waals surface area contributed by atoms with E-state index in [1.807, 2.05) is 25.3 Å². The van der Waals surface area contributed by atoms with Gasteiger partial charge in [0.15, 0.2) is 0 Å². The van der Waals surface area contributed by atoms with Gasteiger partial charge in [-0.1, -0.05) is 18.2 Å². The number of benzene rings is 1. The van der Waals surface area contributed by atoms with E-state index in [1.54, 1.807) is 23.5 Å². The zero-order valence-corrected chi connectivity index (χ0v) is 14.4. The summed E-state index contributed by atoms with van der Waals surface area (Å²) in [5.41, 5.74) is 1.03. The van der Waals surface area contributed by atoms with E-state index in [0.717, 1.165) is 12.1 Å². The third-order valence-electron chi connectivity index (χ3n) is 3.37. The Morgan fingerprint density at radius 3 is 2.52 bits per heavy atom. The summed E-state index contributed by atoms with van der Waals surface area (Å²) < 4.78 is 18.5. The minimum absolute atomic E-state index is 0.104. The van der Waals surface area contributed by atoms with E-state index in [9.17, 15) is 9.50 Å². The van der Waals surface area contributed by atoms with Crippen molar-refractivity contribution in [3.8, 4) is 0 Å². The lowest BCUT2D eigenvalue weighted by Crippen LogP contribution is -2.34. The smallest absolute Gasteiger partial charge is 0.123 e. The fourth-order valence-corrected chi connectivity index (χ4v) is 3.06. The molecule has 0 bridgehead atoms. The Hall–Kier alpha value is -1.27. The van der Waals surface area contributed by atoms with Crippen LogP contribution in [0.4, 0.5) is 4.39 Å². The van der Waals surface area contributed by atoms with Crippen molar-refractivity contribution in [1.82, 2.24) is 4.90 Å². The van der Waals surface area contributed by atoms with Crippen LogP contribution >= 0.6 is 11.3 Å². The average molecular weight is 337 g/mol. The van der Waals surface area contributed by atoms with Gasteiger partial charge in [0.25, 0.3) is 0 Å². The molecule has 0 radical (unpaired) electrons. The van der Waals surface area contributed by atoms with Gasteiger partial charge < -0.3 is 9.84 Å². The van der Waals surface area contributed by atoms with Crippen LogP contribution in [0.5, 0.6) is 0 Å². The van der Waals surface area contributed by atoms with Crippen LogP contribution < -0.4 is 0 Å². The van der Waals surface area contributed by atoms with Crippen molar-refractivity contribution in [2.75, 3.05) is 13.2 Å². The highest BCUT2D eigenvalue weighted by Gasteiger charge is 2.14. The highest BCUT2D eigenvalue weighted by Crippen LogP contribution is 2.15. The molecule has 1 aromatic heterocycles. The van der Waals surface area contributed by atoms with Gasteiger partial charge >= 0.3 is 0 Å². The monoisotopic (exact) mass is 337 g/mol. The molecule has 5 heteroatoms. The summed E-state index contributed by atoms with van der Waals surface area (Å²) in [6.45, 7) is 6.16. The Kier molecular flexibility index (Phi) is 7.17. The molecule has 23 heavy (non-hydrogen) atoms. The van der Waals surface area contributed by atoms with Crippen LogP contribution in [0.2, 0.25) is 0 Å². The van der Waals surface area contributed by atoms with Gasteiger partial charge in [-0.15, -0.1) is 11.3 Å². The summed E-state index contributed by atoms with van der Waals surface area (Å²) in [6.07, 6.45) is -0.440. The van der Waals surface area contributed by atoms with Crippen LogP contribution in [0.1, 0.15) is 24.3 Å². The van der Waals surface area contributed by atoms with Gasteiger partial charge in [-0.25, -0.2) is 4.39 Å². The molecule has 1 aromatic carbocycles. The summed E-state index contributed by atoms with van der Waals surface area (Å²) in [5.74, 6) is -0.232. The normalized spacial score (nSPS) is 13.0. The second-order valence-corrected chi connectivity index (χ2v) is 6.94. The maximum atomic E-state index is 13.0. The number of halogens is 1. The molecule has 0 saturated heterocycles. The number of hydrogen-bond acceptors (Lipinski definition) is 4. The summed E-state index contributed by atoms with van der Waals surface area (Å²) >= 11 is 1.70. The Morgan fingerprint density at radius 2 is 1.91 bits per heavy atom. The molecule has 0 saturated carbocycles. The van der Waals surface area contributed by atoms with Crippen molar-refractivity contribution < 1.29 is 14.2 Å². The first-order valence-corrected chi connectivity index (χ1v) is 8.69. The number of nitrogens with zero attached hydrogens (tertiary/aromatic N) is 1. The highest BCUT2D eigenvalue weighted by atomic mass is 32.1. The van der Waals surface area contributed by atoms with Gasteiger partial charge in [0.1, 0.15) is 5.82 Å². The SMILES string of the molecule is CC(C)OC[C@H](O)CN(Cc1ccc(F)cc1)Cc1cccs1. The van der Waals surface area contributed by atoms with Gasteiger partial charge in [-0.05, 0) is 43.0 Å². The maximum Gasteiger partial charge on any atom is 0.123 e. The van der Waals surface area contributed by atoms with Gasteiger partial charge in [-0.3, -0.25) is 4.90 Å². The van der Waals surface area contributed by atoms with Crippen LogP contribution in [0, 0.1) is 5.82 Å². The minimum Gasteiger partial charge on any atom is -0.389 e. The van der Waals surface area contributed by atoms with Crippen molar-refractivity contribution in [2.24, 2.45) is 0 Å². The zero-order chi connectivity index (χ0) is 16.7. The van der Waals surface area contributed by atoms with E-state index in [0.29, 0.717) is 19.7 Å². The number of hydrogen-bond donors (Lipinski definition) is 1. The molecule has 0 aliphatic heterocycles. The number of aliphatic hydroxyl groups excluding tert-OH is 1. The first kappa shape index (κ1) is 18.1. The molecule has 1 atom stereocenters. The van der Waals surface area contributed by atoms with Gasteiger partial charge in [-0.2, -0.15) is 0 Å². The fraction of sp³-hybridized carbons (Fsp3) is 0.444. The molecule has 0 fully saturated rings. The summed E-state index contributed by atoms with van der Waals surface area (Å²) in [6, 6.07) is 10.6. The van der Waals surface area contributed by atoms with Crippen molar-refractivity contribution in [1.29, 1.82) is 0 Å². The van der Waals surface area contributed by atoms with Crippen LogP contribution in [0.15, 0.2) is 41.8 Å². The topological polar surface area (TPSA) is 32.7 Å². The summed E-state index contributed by atoms with van der Waals surface area (Å²) in [4.78, 5) is 3.40. The van der Waals surface area contributed by atoms with Gasteiger partial charge in [0, 0.05) is 24.5 Å². The van der Waals surface area contributed by atoms with Gasteiger partial charge in [0.05, 0.1) is 18.8 Å². The van der Waals surface area contributed by atoms with Crippen LogP contribution in [0.3, 0.4) is 0 Å². The summed E-state index contributed by atoms with van der Waals surface area (Å²) in [5, 5.41) is 12.2. The molecule has 3 nitrogen and oxygen atoms in total. The van der Waals surface area contributed by atoms with Crippen LogP contribution in [-0.2, 0) is 17.8 Å². The zero-order valence-electron chi connectivity index (χ0n) is 13.6. The molecule has 1 heterocycles. The van der Waals surface area contributed by atoms with E-state index in [1.165, 1.54) is 17.0 Å². The number of rotatable bonds is 9. The number of thiophene rings is 1. The van der Waals surface area contributed by atoms with E-state index >= 15 is 0 Å². The molecular weight excluding hydrogens is 313 g/mol. The standard InChI is InChI=1S/C18H24FNO2S/c1-14(2)22-13-17(21)11-20(12-18-4-3-9-23-18)10-15-5-7-16(19)8-6-15/h3-9,14,17,21H,10-13H2,1-2H3/t17-/m1/s1. The lowest BCUT2D eigenvalue weighted by molar-refractivity contribution is -0.0105. The Balaban J connectivity index is 1.97. The lowest BCUT2D eigenvalue weighted by atomic mass is 10.2. The molecule has 0 amide bonds. The van der Waals surface area contributed by atoms with Crippen molar-refractivity contribution in [2.45, 2.75) is 39.1 Å². The van der Waals surface area contributed by atoms with Crippen molar-refractivity contribution >= 4 is 11.3 Å². The predicted octanol–water partition coefficient (Wildman–Crippen LogP) is 3.68. The molecule has 1 N–H and O–H groups in total. The van der Waals surface area contributed by atoms with Crippen molar-refractivity contribution in [3.63, 3.8) is 0 Å². The quantitative estimate of drug-likeness (QED) is 0.758. The second-order valence-electron chi connectivity index (χ2n) is 5.91. The molecule has 126 valence electrons. The fourth-order valence-electron chi connectivity index (χ4n) is 2.31. The third kappa shape index (κ3) is 6.79. The van der Waals surface area contributed by atoms with E-state index in [4.69, 9.17) is 4.74 Å². The van der Waals surface area contributed by atoms with E-state index < -0.39 is 6.10 Å². The predicted molar refractivity (Wildman–Crippen MR) is 91.9 cm³/mol. The van der Waals surface area contributed by atoms with E-state index in [-0.39, 0.29) is 11.9 Å². The molecule has 2 rings (SSSR count). The Bertz CT molecular complexity index is 557. The van der Waals surface area contributed by atoms with Crippen molar-refractivity contribution in [3.05, 3.63) is 58.0 Å². The van der Waals surface area contributed by atoms with Crippen LogP contribution in [-0.4, -0.2) is 35.4 Å². The second kappa shape index (κ2) is 9.13. The number of ether oxygens (including phenoxy) is 1. The Labute approximate surface area is 141 Å². The lowest BCUT2D eigenvalue weighted by Gasteiger charge is -2.25. The van der Waals surface area contributed by atoms with E-state index in [2.05, 4.69) is 11.0 Å². The first-order chi connectivity index (χ1) is 11.0. The van der Waals surface area contributed by atoms with Gasteiger partial charge in [0.2, 0.25) is 0 Å². The maximum absolute atomic E-state index is 13.0. The summed E-state index contributed by atoms with van der Waals surface area (Å²) in [7, 11) is 0. The molecule has 0 aliphatic rings. The largest absolute Gasteiger partial charge is 0.389 e. The molecule has 0 aliphatic carbocycles. The minimum atomic E-state index is -0.544. The van der Waals surface area contributed by atoms with Crippen LogP contribution in [0.25, 0.3) is 0 Å². The molecule has 2 aromatic rings. The average Bonchev–Trinajstić information content (AvgIpc) is 3.00. The number of aliphatic hydroxyl groups is 1.